The number of amides is 1. The SMILES string of the molecule is Cc1c(NC(=O)c2ccc(N3CCCCC3)c([N+](=O)[O-])c2)cccc1-c1nc2ncccc2o1. The highest BCUT2D eigenvalue weighted by atomic mass is 16.6. The van der Waals surface area contributed by atoms with Gasteiger partial charge in [-0.15, -0.1) is 0 Å². The number of nitrogens with zero attached hydrogens (tertiary/aromatic N) is 4. The smallest absolute Gasteiger partial charge is 0.293 e. The van der Waals surface area contributed by atoms with Crippen molar-refractivity contribution >= 4 is 34.2 Å². The van der Waals surface area contributed by atoms with Gasteiger partial charge in [0.05, 0.1) is 4.92 Å². The number of anilines is 2. The number of oxazole rings is 1. The van der Waals surface area contributed by atoms with Crippen molar-refractivity contribution in [1.82, 2.24) is 9.97 Å². The zero-order valence-electron chi connectivity index (χ0n) is 18.7. The third-order valence-corrected chi connectivity index (χ3v) is 6.11. The largest absolute Gasteiger partial charge is 0.434 e. The molecule has 1 fully saturated rings. The molecule has 3 heterocycles. The molecule has 0 unspecified atom stereocenters. The van der Waals surface area contributed by atoms with Crippen LogP contribution in [0.3, 0.4) is 0 Å². The van der Waals surface area contributed by atoms with Crippen LogP contribution in [0.25, 0.3) is 22.7 Å². The van der Waals surface area contributed by atoms with Crippen LogP contribution in [0.2, 0.25) is 0 Å². The zero-order valence-corrected chi connectivity index (χ0v) is 18.7. The van der Waals surface area contributed by atoms with Crippen LogP contribution in [-0.4, -0.2) is 33.9 Å². The highest BCUT2D eigenvalue weighted by molar-refractivity contribution is 6.06. The maximum Gasteiger partial charge on any atom is 0.293 e. The number of carbonyl (C=O) groups excluding carboxylic acids is 1. The third-order valence-electron chi connectivity index (χ3n) is 6.11. The number of aromatic nitrogens is 2. The van der Waals surface area contributed by atoms with Crippen molar-refractivity contribution in [2.24, 2.45) is 0 Å². The van der Waals surface area contributed by atoms with Gasteiger partial charge in [0.25, 0.3) is 11.6 Å². The minimum atomic E-state index is -0.423. The summed E-state index contributed by atoms with van der Waals surface area (Å²) in [5.41, 5.74) is 3.87. The van der Waals surface area contributed by atoms with Crippen molar-refractivity contribution in [2.45, 2.75) is 26.2 Å². The molecule has 2 aromatic carbocycles. The fraction of sp³-hybridized carbons (Fsp3) is 0.240. The van der Waals surface area contributed by atoms with E-state index in [1.54, 1.807) is 42.6 Å². The number of benzene rings is 2. The number of pyridine rings is 1. The molecule has 172 valence electrons. The predicted octanol–water partition coefficient (Wildman–Crippen LogP) is 5.35. The number of fused-ring (bicyclic) bond motifs is 1. The van der Waals surface area contributed by atoms with Gasteiger partial charge in [0.2, 0.25) is 5.89 Å². The Hall–Kier alpha value is -4.27. The van der Waals surface area contributed by atoms with Crippen molar-refractivity contribution in [2.75, 3.05) is 23.3 Å². The molecule has 1 aliphatic heterocycles. The summed E-state index contributed by atoms with van der Waals surface area (Å²) in [6.07, 6.45) is 4.79. The molecule has 0 atom stereocenters. The lowest BCUT2D eigenvalue weighted by atomic mass is 10.1. The van der Waals surface area contributed by atoms with Gasteiger partial charge in [-0.1, -0.05) is 6.07 Å². The summed E-state index contributed by atoms with van der Waals surface area (Å²) in [4.78, 5) is 35.0. The third kappa shape index (κ3) is 4.07. The molecule has 0 saturated carbocycles. The van der Waals surface area contributed by atoms with Gasteiger partial charge in [0.15, 0.2) is 11.2 Å². The lowest BCUT2D eigenvalue weighted by molar-refractivity contribution is -0.384. The molecule has 1 N–H and O–H groups in total. The quantitative estimate of drug-likeness (QED) is 0.317. The maximum absolute atomic E-state index is 13.0. The van der Waals surface area contributed by atoms with Gasteiger partial charge in [-0.2, -0.15) is 4.98 Å². The van der Waals surface area contributed by atoms with Gasteiger partial charge >= 0.3 is 0 Å². The first-order chi connectivity index (χ1) is 16.5. The molecule has 0 radical (unpaired) electrons. The zero-order chi connectivity index (χ0) is 23.7. The monoisotopic (exact) mass is 457 g/mol. The summed E-state index contributed by atoms with van der Waals surface area (Å²) in [7, 11) is 0. The van der Waals surface area contributed by atoms with Crippen molar-refractivity contribution in [3.8, 4) is 11.5 Å². The van der Waals surface area contributed by atoms with E-state index < -0.39 is 10.8 Å². The topological polar surface area (TPSA) is 114 Å². The number of nitrogens with one attached hydrogen (secondary N) is 1. The summed E-state index contributed by atoms with van der Waals surface area (Å²) < 4.78 is 5.83. The maximum atomic E-state index is 13.0. The molecular weight excluding hydrogens is 434 g/mol. The summed E-state index contributed by atoms with van der Waals surface area (Å²) in [6, 6.07) is 13.6. The number of hydrogen-bond donors (Lipinski definition) is 1. The van der Waals surface area contributed by atoms with Crippen LogP contribution in [0.5, 0.6) is 0 Å². The molecular formula is C25H23N5O4. The van der Waals surface area contributed by atoms with E-state index in [-0.39, 0.29) is 11.3 Å². The fourth-order valence-electron chi connectivity index (χ4n) is 4.29. The predicted molar refractivity (Wildman–Crippen MR) is 129 cm³/mol. The van der Waals surface area contributed by atoms with E-state index in [4.69, 9.17) is 4.42 Å². The van der Waals surface area contributed by atoms with Crippen LogP contribution in [0.15, 0.2) is 59.1 Å². The van der Waals surface area contributed by atoms with Crippen LogP contribution in [-0.2, 0) is 0 Å². The second-order valence-electron chi connectivity index (χ2n) is 8.28. The Morgan fingerprint density at radius 2 is 1.94 bits per heavy atom. The number of rotatable bonds is 5. The Balaban J connectivity index is 1.42. The standard InChI is InChI=1S/C25H23N5O4/c1-16-18(25-28-23-22(34-25)9-6-12-26-23)7-5-8-19(16)27-24(31)17-10-11-20(21(15-17)30(32)33)29-13-3-2-4-14-29/h5-12,15H,2-4,13-14H2,1H3,(H,27,31). The Kier molecular flexibility index (Phi) is 5.67. The molecule has 2 aromatic heterocycles. The van der Waals surface area contributed by atoms with Gasteiger partial charge in [0, 0.05) is 42.2 Å². The van der Waals surface area contributed by atoms with E-state index in [1.165, 1.54) is 6.07 Å². The van der Waals surface area contributed by atoms with Crippen LogP contribution < -0.4 is 10.2 Å². The molecule has 0 bridgehead atoms. The molecule has 1 saturated heterocycles. The second kappa shape index (κ2) is 8.93. The average Bonchev–Trinajstić information content (AvgIpc) is 3.29. The number of nitro benzene ring substituents is 1. The van der Waals surface area contributed by atoms with Crippen molar-refractivity contribution in [1.29, 1.82) is 0 Å². The Morgan fingerprint density at radius 3 is 2.71 bits per heavy atom. The molecule has 34 heavy (non-hydrogen) atoms. The first-order valence-corrected chi connectivity index (χ1v) is 11.2. The van der Waals surface area contributed by atoms with Crippen molar-refractivity contribution in [3.05, 3.63) is 76.0 Å². The van der Waals surface area contributed by atoms with Crippen molar-refractivity contribution < 1.29 is 14.1 Å². The van der Waals surface area contributed by atoms with Crippen LogP contribution in [0, 0.1) is 17.0 Å². The van der Waals surface area contributed by atoms with Crippen molar-refractivity contribution in [3.63, 3.8) is 0 Å². The van der Waals surface area contributed by atoms with E-state index in [0.29, 0.717) is 28.5 Å². The van der Waals surface area contributed by atoms with E-state index in [1.807, 2.05) is 17.9 Å². The van der Waals surface area contributed by atoms with Gasteiger partial charge in [-0.3, -0.25) is 14.9 Å². The number of carbonyl (C=O) groups is 1. The van der Waals surface area contributed by atoms with Gasteiger partial charge in [0.1, 0.15) is 5.69 Å². The number of hydrogen-bond acceptors (Lipinski definition) is 7. The number of piperidine rings is 1. The summed E-state index contributed by atoms with van der Waals surface area (Å²) in [5, 5.41) is 14.6. The highest BCUT2D eigenvalue weighted by Crippen LogP contribution is 2.33. The first-order valence-electron chi connectivity index (χ1n) is 11.2. The Bertz CT molecular complexity index is 1360. The van der Waals surface area contributed by atoms with E-state index in [0.717, 1.165) is 43.5 Å². The minimum Gasteiger partial charge on any atom is -0.434 e. The van der Waals surface area contributed by atoms with Crippen LogP contribution in [0.4, 0.5) is 17.1 Å². The molecule has 0 spiro atoms. The Morgan fingerprint density at radius 1 is 1.12 bits per heavy atom. The van der Waals surface area contributed by atoms with Gasteiger partial charge < -0.3 is 14.6 Å². The molecule has 5 rings (SSSR count). The van der Waals surface area contributed by atoms with E-state index in [9.17, 15) is 14.9 Å². The van der Waals surface area contributed by atoms with E-state index >= 15 is 0 Å². The second-order valence-corrected chi connectivity index (χ2v) is 8.28. The normalized spacial score (nSPS) is 13.7. The minimum absolute atomic E-state index is 0.0565. The molecule has 4 aromatic rings. The molecule has 1 amide bonds. The Labute approximate surface area is 195 Å². The number of nitro groups is 1. The lowest BCUT2D eigenvalue weighted by Crippen LogP contribution is -2.30. The van der Waals surface area contributed by atoms with Crippen LogP contribution >= 0.6 is 0 Å². The first kappa shape index (κ1) is 21.6. The van der Waals surface area contributed by atoms with Gasteiger partial charge in [-0.05, 0) is 68.1 Å². The lowest BCUT2D eigenvalue weighted by Gasteiger charge is -2.28. The van der Waals surface area contributed by atoms with E-state index in [2.05, 4.69) is 15.3 Å². The highest BCUT2D eigenvalue weighted by Gasteiger charge is 2.23. The molecule has 0 aliphatic carbocycles. The molecule has 9 heteroatoms. The molecule has 9 nitrogen and oxygen atoms in total. The fourth-order valence-corrected chi connectivity index (χ4v) is 4.29. The summed E-state index contributed by atoms with van der Waals surface area (Å²) >= 11 is 0. The average molecular weight is 457 g/mol. The summed E-state index contributed by atoms with van der Waals surface area (Å²) in [5.74, 6) is -0.0170. The summed E-state index contributed by atoms with van der Waals surface area (Å²) in [6.45, 7) is 3.42. The molecule has 1 aliphatic rings. The van der Waals surface area contributed by atoms with Crippen LogP contribution in [0.1, 0.15) is 35.2 Å². The van der Waals surface area contributed by atoms with Gasteiger partial charge in [-0.25, -0.2) is 4.98 Å².